The van der Waals surface area contributed by atoms with Gasteiger partial charge in [0.2, 0.25) is 6.29 Å². The number of nitrogens with two attached hydrogens (primary N) is 1. The highest BCUT2D eigenvalue weighted by molar-refractivity contribution is 7.61. The molecule has 0 aliphatic carbocycles. The third-order valence-electron chi connectivity index (χ3n) is 6.63. The average molecular weight is 680 g/mol. The number of hydrogen-bond acceptors (Lipinski definition) is 18. The first-order chi connectivity index (χ1) is 21.2. The number of anilines is 1. The summed E-state index contributed by atoms with van der Waals surface area (Å²) in [4.78, 5) is 41.9. The molecule has 10 atom stereocenters. The number of phosphoric ester groups is 2. The molecule has 1 aromatic carbocycles. The minimum Gasteiger partial charge on any atom is -0.462 e. The first-order valence-electron chi connectivity index (χ1n) is 12.7. The van der Waals surface area contributed by atoms with Crippen molar-refractivity contribution in [1.29, 1.82) is 0 Å². The quantitative estimate of drug-likeness (QED) is 0.0664. The second-order valence-electron chi connectivity index (χ2n) is 9.63. The predicted molar refractivity (Wildman–Crippen MR) is 143 cm³/mol. The molecular formula is C21H26N6O16P2. The Bertz CT molecular complexity index is 1630. The molecule has 0 radical (unpaired) electrons. The van der Waals surface area contributed by atoms with Gasteiger partial charge >= 0.3 is 15.6 Å². The molecular weight excluding hydrogens is 654 g/mol. The Labute approximate surface area is 250 Å². The zero-order valence-electron chi connectivity index (χ0n) is 22.5. The monoisotopic (exact) mass is 680 g/mol. The summed E-state index contributed by atoms with van der Waals surface area (Å²) < 4.78 is 55.7. The Hall–Kier alpha value is -3.21. The molecule has 24 heteroatoms. The molecule has 2 fully saturated rings. The molecule has 0 spiro atoms. The highest BCUT2D eigenvalue weighted by atomic mass is 31.3. The van der Waals surface area contributed by atoms with Gasteiger partial charge in [-0.25, -0.2) is 24.1 Å². The van der Waals surface area contributed by atoms with Gasteiger partial charge in [-0.2, -0.15) is 4.31 Å². The maximum atomic E-state index is 12.4. The van der Waals surface area contributed by atoms with Gasteiger partial charge in [0.1, 0.15) is 54.2 Å². The second kappa shape index (κ2) is 12.9. The molecule has 45 heavy (non-hydrogen) atoms. The third-order valence-corrected chi connectivity index (χ3v) is 9.23. The van der Waals surface area contributed by atoms with E-state index in [1.807, 2.05) is 0 Å². The number of nitro groups is 1. The van der Waals surface area contributed by atoms with Crippen LogP contribution in [0, 0.1) is 10.1 Å². The summed E-state index contributed by atoms with van der Waals surface area (Å²) in [5.41, 5.74) is 5.85. The molecule has 2 aliphatic heterocycles. The van der Waals surface area contributed by atoms with Gasteiger partial charge in [-0.15, -0.1) is 0 Å². The van der Waals surface area contributed by atoms with E-state index >= 15 is 0 Å². The van der Waals surface area contributed by atoms with Gasteiger partial charge in [0, 0.05) is 12.1 Å². The van der Waals surface area contributed by atoms with E-state index < -0.39 is 82.9 Å². The van der Waals surface area contributed by atoms with E-state index in [0.717, 1.165) is 18.5 Å². The molecule has 5 rings (SSSR count). The fourth-order valence-corrected chi connectivity index (χ4v) is 6.49. The number of nitrogen functional groups attached to an aromatic ring is 1. The zero-order valence-corrected chi connectivity index (χ0v) is 24.3. The Morgan fingerprint density at radius 1 is 0.911 bits per heavy atom. The van der Waals surface area contributed by atoms with Gasteiger partial charge in [-0.05, 0) is 12.1 Å². The standard InChI is InChI=1S/C21H26N6O16P2/c22-18-13-19(24-7-23-18)26(8-25-13)20-16(30)14(28)11(41-20)5-38-44(34,35)43-45(36,37)39-6-12-15(29)17(31)21(42-12)40-10-3-1-9(2-4-10)27(32)33/h1-4,7-8,11-12,14-17,20-21,28-31H,5-6H2,(H,34,35)(H,36,37)(H2,22,23,24)/t11-,12?,14-,15+,16-,17+,20-,21?/m1/s1. The van der Waals surface area contributed by atoms with Crippen molar-refractivity contribution >= 4 is 38.3 Å². The summed E-state index contributed by atoms with van der Waals surface area (Å²) in [5.74, 6) is 0.0708. The maximum absolute atomic E-state index is 12.4. The molecule has 2 saturated heterocycles. The lowest BCUT2D eigenvalue weighted by Gasteiger charge is -2.20. The highest BCUT2D eigenvalue weighted by Gasteiger charge is 2.48. The lowest BCUT2D eigenvalue weighted by Crippen LogP contribution is -2.35. The number of nitro benzene ring substituents is 1. The van der Waals surface area contributed by atoms with Crippen molar-refractivity contribution in [2.24, 2.45) is 0 Å². The molecule has 0 bridgehead atoms. The Morgan fingerprint density at radius 2 is 1.51 bits per heavy atom. The maximum Gasteiger partial charge on any atom is 0.481 e. The summed E-state index contributed by atoms with van der Waals surface area (Å²) in [6.45, 7) is -1.86. The molecule has 0 amide bonds. The number of nitrogens with zero attached hydrogens (tertiary/aromatic N) is 5. The van der Waals surface area contributed by atoms with Crippen LogP contribution in [-0.4, -0.2) is 111 Å². The van der Waals surface area contributed by atoms with Gasteiger partial charge < -0.3 is 50.2 Å². The average Bonchev–Trinajstić information content (AvgIpc) is 3.61. The number of non-ortho nitro benzene ring substituents is 1. The fourth-order valence-electron chi connectivity index (χ4n) is 4.40. The van der Waals surface area contributed by atoms with Crippen molar-refractivity contribution in [3.63, 3.8) is 0 Å². The summed E-state index contributed by atoms with van der Waals surface area (Å²) in [6.07, 6.45) is -10.1. The van der Waals surface area contributed by atoms with Crippen LogP contribution in [0.25, 0.3) is 11.2 Å². The summed E-state index contributed by atoms with van der Waals surface area (Å²) in [6, 6.07) is 4.66. The van der Waals surface area contributed by atoms with E-state index in [1.54, 1.807) is 0 Å². The van der Waals surface area contributed by atoms with Crippen LogP contribution in [0.5, 0.6) is 5.75 Å². The van der Waals surface area contributed by atoms with Gasteiger partial charge in [-0.1, -0.05) is 0 Å². The van der Waals surface area contributed by atoms with Crippen LogP contribution < -0.4 is 10.5 Å². The number of phosphoric acid groups is 2. The Kier molecular flexibility index (Phi) is 9.50. The number of rotatable bonds is 12. The van der Waals surface area contributed by atoms with Crippen molar-refractivity contribution in [2.45, 2.75) is 49.1 Å². The molecule has 22 nitrogen and oxygen atoms in total. The van der Waals surface area contributed by atoms with E-state index in [9.17, 15) is 49.5 Å². The van der Waals surface area contributed by atoms with Crippen LogP contribution in [0.3, 0.4) is 0 Å². The second-order valence-corrected chi connectivity index (χ2v) is 12.7. The van der Waals surface area contributed by atoms with Crippen molar-refractivity contribution in [3.8, 4) is 5.75 Å². The van der Waals surface area contributed by atoms with Crippen LogP contribution in [-0.2, 0) is 32.0 Å². The van der Waals surface area contributed by atoms with E-state index in [-0.39, 0.29) is 28.4 Å². The fraction of sp³-hybridized carbons (Fsp3) is 0.476. The van der Waals surface area contributed by atoms with Crippen molar-refractivity contribution in [3.05, 3.63) is 47.0 Å². The zero-order chi connectivity index (χ0) is 32.7. The number of ether oxygens (including phenoxy) is 3. The summed E-state index contributed by atoms with van der Waals surface area (Å²) in [5, 5.41) is 52.1. The van der Waals surface area contributed by atoms with Gasteiger partial charge in [0.25, 0.3) is 5.69 Å². The van der Waals surface area contributed by atoms with Crippen LogP contribution >= 0.6 is 15.6 Å². The lowest BCUT2D eigenvalue weighted by molar-refractivity contribution is -0.384. The third kappa shape index (κ3) is 7.28. The van der Waals surface area contributed by atoms with E-state index in [4.69, 9.17) is 19.9 Å². The first kappa shape index (κ1) is 33.2. The topological polar surface area (TPSA) is 324 Å². The number of hydrogen-bond donors (Lipinski definition) is 7. The SMILES string of the molecule is Nc1ncnc2c1ncn2[C@@H]1O[C@H](COP(=O)(O)OP(=O)(O)OCC2OC(Oc3ccc([N+](=O)[O-])cc3)[C@@H](O)[C@H]2O)[C@@H](O)[C@H]1O. The van der Waals surface area contributed by atoms with E-state index in [0.29, 0.717) is 0 Å². The van der Waals surface area contributed by atoms with Gasteiger partial charge in [0.05, 0.1) is 24.5 Å². The summed E-state index contributed by atoms with van der Waals surface area (Å²) in [7, 11) is -10.8. The number of fused-ring (bicyclic) bond motifs is 1. The molecule has 246 valence electrons. The van der Waals surface area contributed by atoms with Crippen LogP contribution in [0.1, 0.15) is 6.23 Å². The largest absolute Gasteiger partial charge is 0.481 e. The number of imidazole rings is 1. The smallest absolute Gasteiger partial charge is 0.462 e. The Morgan fingerprint density at radius 3 is 2.13 bits per heavy atom. The minimum absolute atomic E-state index is 0.0280. The minimum atomic E-state index is -5.39. The van der Waals surface area contributed by atoms with Crippen molar-refractivity contribution in [1.82, 2.24) is 19.5 Å². The van der Waals surface area contributed by atoms with Crippen LogP contribution in [0.4, 0.5) is 11.5 Å². The lowest BCUT2D eigenvalue weighted by atomic mass is 10.1. The van der Waals surface area contributed by atoms with Crippen LogP contribution in [0.15, 0.2) is 36.9 Å². The molecule has 4 heterocycles. The number of aliphatic hydroxyl groups is 4. The number of benzene rings is 1. The van der Waals surface area contributed by atoms with Crippen molar-refractivity contribution < 1.29 is 71.8 Å². The van der Waals surface area contributed by atoms with Gasteiger partial charge in [0.15, 0.2) is 17.7 Å². The van der Waals surface area contributed by atoms with Crippen LogP contribution in [0.2, 0.25) is 0 Å². The highest BCUT2D eigenvalue weighted by Crippen LogP contribution is 2.60. The molecule has 2 aliphatic rings. The molecule has 4 unspecified atom stereocenters. The van der Waals surface area contributed by atoms with E-state index in [2.05, 4.69) is 28.3 Å². The molecule has 8 N–H and O–H groups in total. The normalized spacial score (nSPS) is 31.1. The predicted octanol–water partition coefficient (Wildman–Crippen LogP) is -1.29. The molecule has 3 aromatic rings. The van der Waals surface area contributed by atoms with Crippen molar-refractivity contribution in [2.75, 3.05) is 18.9 Å². The van der Waals surface area contributed by atoms with E-state index in [1.165, 1.54) is 23.0 Å². The first-order valence-corrected chi connectivity index (χ1v) is 15.7. The molecule has 2 aromatic heterocycles. The number of aliphatic hydroxyl groups excluding tert-OH is 4. The number of aromatic nitrogens is 4. The van der Waals surface area contributed by atoms with Gasteiger partial charge in [-0.3, -0.25) is 23.7 Å². The summed E-state index contributed by atoms with van der Waals surface area (Å²) >= 11 is 0. The molecule has 0 saturated carbocycles. The Balaban J connectivity index is 1.13.